The second kappa shape index (κ2) is 12.6. The minimum atomic E-state index is 0. The number of aliphatic imine (C=N–C) groups is 1. The lowest BCUT2D eigenvalue weighted by molar-refractivity contribution is 0.108. The molecular formula is C14H28IN5O2. The molecule has 128 valence electrons. The molecule has 0 atom stereocenters. The molecule has 8 heteroatoms. The summed E-state index contributed by atoms with van der Waals surface area (Å²) in [4.78, 5) is 8.52. The van der Waals surface area contributed by atoms with Gasteiger partial charge in [-0.25, -0.2) is 4.99 Å². The molecule has 0 aromatic carbocycles. The second-order valence-electron chi connectivity index (χ2n) is 5.18. The number of guanidine groups is 1. The molecule has 0 bridgehead atoms. The van der Waals surface area contributed by atoms with Crippen LogP contribution in [0.15, 0.2) is 9.52 Å². The van der Waals surface area contributed by atoms with Crippen LogP contribution in [0.1, 0.15) is 38.9 Å². The highest BCUT2D eigenvalue weighted by Crippen LogP contribution is 1.97. The highest BCUT2D eigenvalue weighted by Gasteiger charge is 2.02. The van der Waals surface area contributed by atoms with Crippen LogP contribution in [0.3, 0.4) is 0 Å². The highest BCUT2D eigenvalue weighted by atomic mass is 127. The number of rotatable bonds is 9. The summed E-state index contributed by atoms with van der Waals surface area (Å²) in [7, 11) is 0. The fourth-order valence-corrected chi connectivity index (χ4v) is 1.59. The van der Waals surface area contributed by atoms with E-state index in [4.69, 9.17) is 9.26 Å². The van der Waals surface area contributed by atoms with Crippen LogP contribution < -0.4 is 10.6 Å². The fraction of sp³-hybridized carbons (Fsp3) is 0.786. The number of aromatic nitrogens is 2. The molecule has 0 fully saturated rings. The van der Waals surface area contributed by atoms with Crippen molar-refractivity contribution in [3.63, 3.8) is 0 Å². The summed E-state index contributed by atoms with van der Waals surface area (Å²) < 4.78 is 10.6. The van der Waals surface area contributed by atoms with E-state index in [1.165, 1.54) is 0 Å². The van der Waals surface area contributed by atoms with Gasteiger partial charge in [0.15, 0.2) is 11.8 Å². The molecule has 0 spiro atoms. The molecule has 0 saturated heterocycles. The number of hydrogen-bond donors (Lipinski definition) is 2. The quantitative estimate of drug-likeness (QED) is 0.273. The molecule has 0 saturated carbocycles. The van der Waals surface area contributed by atoms with Gasteiger partial charge in [0.2, 0.25) is 5.89 Å². The molecule has 1 aromatic heterocycles. The van der Waals surface area contributed by atoms with E-state index in [0.29, 0.717) is 24.2 Å². The number of aryl methyl sites for hydroxylation is 1. The van der Waals surface area contributed by atoms with Gasteiger partial charge in [0.05, 0.1) is 0 Å². The molecule has 0 aliphatic heterocycles. The Morgan fingerprint density at radius 2 is 2.14 bits per heavy atom. The number of ether oxygens (including phenoxy) is 1. The first-order valence-electron chi connectivity index (χ1n) is 7.51. The molecule has 1 heterocycles. The van der Waals surface area contributed by atoms with Crippen molar-refractivity contribution < 1.29 is 9.26 Å². The first-order valence-corrected chi connectivity index (χ1v) is 7.51. The monoisotopic (exact) mass is 425 g/mol. The lowest BCUT2D eigenvalue weighted by atomic mass is 10.2. The lowest BCUT2D eigenvalue weighted by Crippen LogP contribution is -2.38. The van der Waals surface area contributed by atoms with Gasteiger partial charge in [0, 0.05) is 26.3 Å². The predicted octanol–water partition coefficient (Wildman–Crippen LogP) is 2.11. The van der Waals surface area contributed by atoms with Crippen molar-refractivity contribution in [3.05, 3.63) is 11.7 Å². The topological polar surface area (TPSA) is 84.6 Å². The molecule has 0 aliphatic carbocycles. The summed E-state index contributed by atoms with van der Waals surface area (Å²) in [6.45, 7) is 11.7. The van der Waals surface area contributed by atoms with Crippen molar-refractivity contribution in [3.8, 4) is 0 Å². The van der Waals surface area contributed by atoms with E-state index in [-0.39, 0.29) is 24.0 Å². The minimum Gasteiger partial charge on any atom is -0.381 e. The maximum absolute atomic E-state index is 5.54. The number of hydrogen-bond acceptors (Lipinski definition) is 5. The standard InChI is InChI=1S/C14H27N5O2.HI/c1-5-15-14(16-7-6-8-20-10-11(2)3)17-9-13-18-12(4)19-21-13;/h11H,5-10H2,1-4H3,(H2,15,16,17);1H. The van der Waals surface area contributed by atoms with Crippen LogP contribution in [0.25, 0.3) is 0 Å². The van der Waals surface area contributed by atoms with Crippen molar-refractivity contribution in [2.24, 2.45) is 10.9 Å². The van der Waals surface area contributed by atoms with Gasteiger partial charge in [-0.1, -0.05) is 19.0 Å². The third kappa shape index (κ3) is 9.93. The van der Waals surface area contributed by atoms with E-state index in [9.17, 15) is 0 Å². The van der Waals surface area contributed by atoms with Gasteiger partial charge in [-0.3, -0.25) is 0 Å². The van der Waals surface area contributed by atoms with Gasteiger partial charge >= 0.3 is 0 Å². The molecule has 0 amide bonds. The summed E-state index contributed by atoms with van der Waals surface area (Å²) in [5, 5.41) is 10.2. The van der Waals surface area contributed by atoms with E-state index < -0.39 is 0 Å². The van der Waals surface area contributed by atoms with Crippen LogP contribution in [0.4, 0.5) is 0 Å². The van der Waals surface area contributed by atoms with Gasteiger partial charge < -0.3 is 19.9 Å². The SMILES string of the molecule is CCNC(=NCc1nc(C)no1)NCCCOCC(C)C.I. The van der Waals surface area contributed by atoms with Crippen LogP contribution in [0, 0.1) is 12.8 Å². The van der Waals surface area contributed by atoms with Crippen molar-refractivity contribution in [1.82, 2.24) is 20.8 Å². The van der Waals surface area contributed by atoms with Crippen molar-refractivity contribution in [2.45, 2.75) is 40.7 Å². The first kappa shape index (κ1) is 21.1. The van der Waals surface area contributed by atoms with Crippen LogP contribution in [-0.2, 0) is 11.3 Å². The summed E-state index contributed by atoms with van der Waals surface area (Å²) in [5.41, 5.74) is 0. The Hall–Kier alpha value is -0.900. The average Bonchev–Trinajstić information content (AvgIpc) is 2.85. The van der Waals surface area contributed by atoms with Gasteiger partial charge in [0.25, 0.3) is 0 Å². The average molecular weight is 425 g/mol. The Kier molecular flexibility index (Phi) is 12.1. The first-order chi connectivity index (χ1) is 10.1. The number of nitrogens with one attached hydrogen (secondary N) is 2. The van der Waals surface area contributed by atoms with Gasteiger partial charge in [-0.05, 0) is 26.2 Å². The highest BCUT2D eigenvalue weighted by molar-refractivity contribution is 14.0. The largest absolute Gasteiger partial charge is 0.381 e. The fourth-order valence-electron chi connectivity index (χ4n) is 1.59. The van der Waals surface area contributed by atoms with E-state index in [1.807, 2.05) is 6.92 Å². The zero-order chi connectivity index (χ0) is 15.5. The summed E-state index contributed by atoms with van der Waals surface area (Å²) in [6, 6.07) is 0. The Balaban J connectivity index is 0.00000441. The predicted molar refractivity (Wildman–Crippen MR) is 97.5 cm³/mol. The van der Waals surface area contributed by atoms with Gasteiger partial charge in [-0.15, -0.1) is 24.0 Å². The van der Waals surface area contributed by atoms with Gasteiger partial charge in [-0.2, -0.15) is 4.98 Å². The third-order valence-corrected chi connectivity index (χ3v) is 2.50. The van der Waals surface area contributed by atoms with Crippen LogP contribution >= 0.6 is 24.0 Å². The molecule has 2 N–H and O–H groups in total. The van der Waals surface area contributed by atoms with E-state index >= 15 is 0 Å². The molecular weight excluding hydrogens is 397 g/mol. The maximum Gasteiger partial charge on any atom is 0.248 e. The molecule has 0 radical (unpaired) electrons. The van der Waals surface area contributed by atoms with E-state index in [2.05, 4.69) is 39.6 Å². The normalized spacial score (nSPS) is 11.4. The van der Waals surface area contributed by atoms with Crippen molar-refractivity contribution >= 4 is 29.9 Å². The van der Waals surface area contributed by atoms with Gasteiger partial charge in [0.1, 0.15) is 6.54 Å². The molecule has 0 unspecified atom stereocenters. The molecule has 7 nitrogen and oxygen atoms in total. The lowest BCUT2D eigenvalue weighted by Gasteiger charge is -2.11. The van der Waals surface area contributed by atoms with Crippen LogP contribution in [0.2, 0.25) is 0 Å². The van der Waals surface area contributed by atoms with Crippen molar-refractivity contribution in [1.29, 1.82) is 0 Å². The van der Waals surface area contributed by atoms with Crippen LogP contribution in [0.5, 0.6) is 0 Å². The van der Waals surface area contributed by atoms with E-state index in [1.54, 1.807) is 6.92 Å². The van der Waals surface area contributed by atoms with Crippen molar-refractivity contribution in [2.75, 3.05) is 26.3 Å². The summed E-state index contributed by atoms with van der Waals surface area (Å²) in [5.74, 6) is 2.47. The van der Waals surface area contributed by atoms with Crippen LogP contribution in [-0.4, -0.2) is 42.4 Å². The summed E-state index contributed by atoms with van der Waals surface area (Å²) in [6.07, 6.45) is 0.941. The Bertz CT molecular complexity index is 423. The third-order valence-electron chi connectivity index (χ3n) is 2.50. The molecule has 22 heavy (non-hydrogen) atoms. The van der Waals surface area contributed by atoms with E-state index in [0.717, 1.165) is 38.7 Å². The Morgan fingerprint density at radius 1 is 1.36 bits per heavy atom. The number of halogens is 1. The zero-order valence-corrected chi connectivity index (χ0v) is 16.2. The maximum atomic E-state index is 5.54. The molecule has 0 aliphatic rings. The minimum absolute atomic E-state index is 0. The Morgan fingerprint density at radius 3 is 2.73 bits per heavy atom. The molecule has 1 aromatic rings. The second-order valence-corrected chi connectivity index (χ2v) is 5.18. The smallest absolute Gasteiger partial charge is 0.248 e. The summed E-state index contributed by atoms with van der Waals surface area (Å²) >= 11 is 0. The Labute approximate surface area is 149 Å². The molecule has 1 rings (SSSR count). The number of nitrogens with zero attached hydrogens (tertiary/aromatic N) is 3. The zero-order valence-electron chi connectivity index (χ0n) is 13.9.